The first-order chi connectivity index (χ1) is 9.84. The quantitative estimate of drug-likeness (QED) is 0.753. The molecule has 105 valence electrons. The molecule has 5 rings (SSSR count). The SMILES string of the molecule is c1ccc(C23CCC(CC2)O3)c(C2CC3CC[C]2C3)c1. The third kappa shape index (κ3) is 1.53. The van der Waals surface area contributed by atoms with Crippen LogP contribution in [0.3, 0.4) is 0 Å². The van der Waals surface area contributed by atoms with Crippen LogP contribution in [-0.2, 0) is 10.3 Å². The van der Waals surface area contributed by atoms with Gasteiger partial charge in [0.05, 0.1) is 11.7 Å². The number of benzene rings is 1. The highest BCUT2D eigenvalue weighted by molar-refractivity contribution is 5.41. The molecule has 1 nitrogen and oxygen atoms in total. The molecule has 1 heteroatoms. The lowest BCUT2D eigenvalue weighted by Gasteiger charge is -2.32. The Morgan fingerprint density at radius 2 is 1.90 bits per heavy atom. The molecule has 2 aliphatic heterocycles. The molecule has 2 saturated heterocycles. The molecule has 0 N–H and O–H groups in total. The highest BCUT2D eigenvalue weighted by Gasteiger charge is 2.50. The van der Waals surface area contributed by atoms with Gasteiger partial charge in [0.15, 0.2) is 0 Å². The molecular formula is C19H23O. The second-order valence-corrected chi connectivity index (χ2v) is 7.45. The molecule has 2 heterocycles. The zero-order valence-corrected chi connectivity index (χ0v) is 12.1. The van der Waals surface area contributed by atoms with Crippen LogP contribution in [0.25, 0.3) is 0 Å². The number of hydrogen-bond acceptors (Lipinski definition) is 1. The normalized spacial score (nSPS) is 42.7. The van der Waals surface area contributed by atoms with Crippen molar-refractivity contribution in [2.24, 2.45) is 5.92 Å². The fourth-order valence-electron chi connectivity index (χ4n) is 5.49. The third-order valence-electron chi connectivity index (χ3n) is 6.45. The van der Waals surface area contributed by atoms with E-state index in [0.717, 1.165) is 11.8 Å². The van der Waals surface area contributed by atoms with Crippen molar-refractivity contribution in [2.45, 2.75) is 69.0 Å². The van der Waals surface area contributed by atoms with Crippen molar-refractivity contribution in [2.75, 3.05) is 0 Å². The van der Waals surface area contributed by atoms with Gasteiger partial charge in [-0.2, -0.15) is 0 Å². The number of rotatable bonds is 2. The van der Waals surface area contributed by atoms with Gasteiger partial charge in [0.1, 0.15) is 0 Å². The number of hydrogen-bond donors (Lipinski definition) is 0. The molecule has 4 fully saturated rings. The molecule has 20 heavy (non-hydrogen) atoms. The van der Waals surface area contributed by atoms with Crippen molar-refractivity contribution in [3.05, 3.63) is 41.3 Å². The Hall–Kier alpha value is -0.820. The van der Waals surface area contributed by atoms with Gasteiger partial charge in [-0.15, -0.1) is 0 Å². The fraction of sp³-hybridized carbons (Fsp3) is 0.632. The topological polar surface area (TPSA) is 9.23 Å². The Balaban J connectivity index is 1.57. The number of fused-ring (bicyclic) bond motifs is 4. The lowest BCUT2D eigenvalue weighted by Crippen LogP contribution is -2.25. The minimum atomic E-state index is 0.0870. The molecular weight excluding hydrogens is 244 g/mol. The average Bonchev–Trinajstić information content (AvgIpc) is 3.27. The van der Waals surface area contributed by atoms with Crippen LogP contribution in [0.4, 0.5) is 0 Å². The van der Waals surface area contributed by atoms with Crippen molar-refractivity contribution in [1.82, 2.24) is 0 Å². The van der Waals surface area contributed by atoms with Crippen LogP contribution >= 0.6 is 0 Å². The average molecular weight is 267 g/mol. The van der Waals surface area contributed by atoms with Gasteiger partial charge in [0.25, 0.3) is 0 Å². The van der Waals surface area contributed by atoms with E-state index >= 15 is 0 Å². The molecule has 0 aromatic heterocycles. The predicted octanol–water partition coefficient (Wildman–Crippen LogP) is 4.72. The molecule has 2 aliphatic carbocycles. The van der Waals surface area contributed by atoms with Gasteiger partial charge >= 0.3 is 0 Å². The first-order valence-corrected chi connectivity index (χ1v) is 8.46. The summed E-state index contributed by atoms with van der Waals surface area (Å²) in [5, 5.41) is 0. The minimum Gasteiger partial charge on any atom is -0.367 e. The molecule has 4 aliphatic rings. The molecule has 2 atom stereocenters. The van der Waals surface area contributed by atoms with Gasteiger partial charge in [-0.1, -0.05) is 24.3 Å². The van der Waals surface area contributed by atoms with Gasteiger partial charge in [-0.05, 0) is 80.2 Å². The Kier molecular flexibility index (Phi) is 2.42. The summed E-state index contributed by atoms with van der Waals surface area (Å²) in [6.07, 6.45) is 11.3. The van der Waals surface area contributed by atoms with E-state index in [9.17, 15) is 0 Å². The summed E-state index contributed by atoms with van der Waals surface area (Å²) < 4.78 is 6.42. The summed E-state index contributed by atoms with van der Waals surface area (Å²) in [5.74, 6) is 3.58. The molecule has 1 aromatic rings. The molecule has 1 radical (unpaired) electrons. The fourth-order valence-corrected chi connectivity index (χ4v) is 5.49. The third-order valence-corrected chi connectivity index (χ3v) is 6.45. The second kappa shape index (κ2) is 4.10. The summed E-state index contributed by atoms with van der Waals surface area (Å²) in [6, 6.07) is 9.23. The Bertz CT molecular complexity index is 526. The van der Waals surface area contributed by atoms with Crippen LogP contribution in [0.2, 0.25) is 0 Å². The van der Waals surface area contributed by atoms with E-state index < -0.39 is 0 Å². The summed E-state index contributed by atoms with van der Waals surface area (Å²) in [6.45, 7) is 0. The Labute approximate surface area is 121 Å². The molecule has 0 spiro atoms. The van der Waals surface area contributed by atoms with Crippen molar-refractivity contribution in [3.63, 3.8) is 0 Å². The predicted molar refractivity (Wildman–Crippen MR) is 79.4 cm³/mol. The van der Waals surface area contributed by atoms with Gasteiger partial charge in [0.2, 0.25) is 0 Å². The summed E-state index contributed by atoms with van der Waals surface area (Å²) in [7, 11) is 0. The summed E-state index contributed by atoms with van der Waals surface area (Å²) in [4.78, 5) is 0. The molecule has 0 amide bonds. The largest absolute Gasteiger partial charge is 0.367 e. The summed E-state index contributed by atoms with van der Waals surface area (Å²) >= 11 is 0. The van der Waals surface area contributed by atoms with Gasteiger partial charge < -0.3 is 4.74 Å². The monoisotopic (exact) mass is 267 g/mol. The van der Waals surface area contributed by atoms with Crippen LogP contribution in [0.15, 0.2) is 24.3 Å². The van der Waals surface area contributed by atoms with E-state index in [0.29, 0.717) is 6.10 Å². The Morgan fingerprint density at radius 3 is 2.55 bits per heavy atom. The number of ether oxygens (including phenoxy) is 1. The van der Waals surface area contributed by atoms with E-state index in [-0.39, 0.29) is 5.60 Å². The van der Waals surface area contributed by atoms with E-state index in [1.807, 2.05) is 5.92 Å². The van der Waals surface area contributed by atoms with Crippen LogP contribution in [0, 0.1) is 11.8 Å². The van der Waals surface area contributed by atoms with E-state index in [2.05, 4.69) is 24.3 Å². The Morgan fingerprint density at radius 1 is 1.05 bits per heavy atom. The molecule has 1 aromatic carbocycles. The van der Waals surface area contributed by atoms with Crippen molar-refractivity contribution in [1.29, 1.82) is 0 Å². The van der Waals surface area contributed by atoms with Crippen molar-refractivity contribution < 1.29 is 4.74 Å². The van der Waals surface area contributed by atoms with Crippen LogP contribution in [0.5, 0.6) is 0 Å². The van der Waals surface area contributed by atoms with Crippen molar-refractivity contribution >= 4 is 0 Å². The van der Waals surface area contributed by atoms with Crippen LogP contribution in [-0.4, -0.2) is 6.10 Å². The zero-order chi connectivity index (χ0) is 13.2. The highest BCUT2D eigenvalue weighted by atomic mass is 16.5. The molecule has 2 unspecified atom stereocenters. The lowest BCUT2D eigenvalue weighted by molar-refractivity contribution is 0.00915. The van der Waals surface area contributed by atoms with E-state index in [1.54, 1.807) is 11.1 Å². The van der Waals surface area contributed by atoms with Crippen LogP contribution in [0.1, 0.15) is 68.4 Å². The maximum absolute atomic E-state index is 6.42. The van der Waals surface area contributed by atoms with Crippen LogP contribution < -0.4 is 0 Å². The van der Waals surface area contributed by atoms with Crippen molar-refractivity contribution in [3.8, 4) is 0 Å². The first-order valence-electron chi connectivity index (χ1n) is 8.46. The van der Waals surface area contributed by atoms with Gasteiger partial charge in [-0.3, -0.25) is 0 Å². The first kappa shape index (κ1) is 11.8. The van der Waals surface area contributed by atoms with E-state index in [4.69, 9.17) is 4.74 Å². The van der Waals surface area contributed by atoms with Gasteiger partial charge in [-0.25, -0.2) is 0 Å². The highest BCUT2D eigenvalue weighted by Crippen LogP contribution is 2.58. The minimum absolute atomic E-state index is 0.0870. The maximum atomic E-state index is 6.42. The summed E-state index contributed by atoms with van der Waals surface area (Å²) in [5.41, 5.74) is 3.25. The molecule has 2 saturated carbocycles. The van der Waals surface area contributed by atoms with Gasteiger partial charge in [0, 0.05) is 0 Å². The zero-order valence-electron chi connectivity index (χ0n) is 12.1. The van der Waals surface area contributed by atoms with E-state index in [1.165, 1.54) is 51.4 Å². The maximum Gasteiger partial charge on any atom is 0.0939 e. The standard InChI is InChI=1S/C19H23O/c1-2-4-18(19-9-7-15(20-19)8-10-19)16(3-1)17-12-13-5-6-14(17)11-13/h1-4,13,15,17H,5-12H2. The lowest BCUT2D eigenvalue weighted by atomic mass is 9.75. The molecule has 4 bridgehead atoms. The second-order valence-electron chi connectivity index (χ2n) is 7.45. The smallest absolute Gasteiger partial charge is 0.0939 e.